The van der Waals surface area contributed by atoms with Gasteiger partial charge in [0.15, 0.2) is 0 Å². The minimum atomic E-state index is 0.752. The average Bonchev–Trinajstić information content (AvgIpc) is 2.39. The molecule has 2 aromatic rings. The van der Waals surface area contributed by atoms with Gasteiger partial charge in [-0.15, -0.1) is 0 Å². The van der Waals surface area contributed by atoms with Gasteiger partial charge in [0.25, 0.3) is 0 Å². The van der Waals surface area contributed by atoms with Gasteiger partial charge >= 0.3 is 0 Å². The van der Waals surface area contributed by atoms with Crippen molar-refractivity contribution in [1.29, 1.82) is 0 Å². The Morgan fingerprint density at radius 3 is 2.65 bits per heavy atom. The first-order valence-electron chi connectivity index (χ1n) is 5.46. The number of methoxy groups -OCH3 is 1. The van der Waals surface area contributed by atoms with Crippen LogP contribution in [0.15, 0.2) is 42.5 Å². The summed E-state index contributed by atoms with van der Waals surface area (Å²) in [7, 11) is 3.56. The Morgan fingerprint density at radius 2 is 1.94 bits per heavy atom. The molecule has 0 unspecified atom stereocenters. The first-order valence-corrected chi connectivity index (χ1v) is 5.46. The fourth-order valence-electron chi connectivity index (χ4n) is 1.81. The molecule has 3 N–H and O–H groups in total. The minimum Gasteiger partial charge on any atom is -0.497 e. The molecule has 88 valence electrons. The van der Waals surface area contributed by atoms with Gasteiger partial charge in [0.1, 0.15) is 5.75 Å². The molecule has 0 aliphatic rings. The average molecular weight is 228 g/mol. The summed E-state index contributed by atoms with van der Waals surface area (Å²) in [5.41, 5.74) is 9.79. The molecule has 0 saturated carbocycles. The number of hydrogen-bond donors (Lipinski definition) is 2. The Bertz CT molecular complexity index is 523. The molecule has 0 heterocycles. The van der Waals surface area contributed by atoms with Crippen molar-refractivity contribution in [3.63, 3.8) is 0 Å². The van der Waals surface area contributed by atoms with Gasteiger partial charge in [-0.3, -0.25) is 0 Å². The maximum atomic E-state index is 5.83. The van der Waals surface area contributed by atoms with Gasteiger partial charge < -0.3 is 15.8 Å². The smallest absolute Gasteiger partial charge is 0.119 e. The third-order valence-electron chi connectivity index (χ3n) is 2.69. The highest BCUT2D eigenvalue weighted by atomic mass is 16.5. The van der Waals surface area contributed by atoms with E-state index in [9.17, 15) is 0 Å². The zero-order valence-electron chi connectivity index (χ0n) is 10.0. The van der Waals surface area contributed by atoms with E-state index in [4.69, 9.17) is 10.5 Å². The molecule has 2 aromatic carbocycles. The van der Waals surface area contributed by atoms with Crippen LogP contribution in [0.1, 0.15) is 0 Å². The highest BCUT2D eigenvalue weighted by Gasteiger charge is 2.05. The largest absolute Gasteiger partial charge is 0.497 e. The van der Waals surface area contributed by atoms with Crippen LogP contribution < -0.4 is 15.8 Å². The van der Waals surface area contributed by atoms with E-state index in [2.05, 4.69) is 5.32 Å². The number of hydrogen-bond acceptors (Lipinski definition) is 3. The number of rotatable bonds is 3. The first-order chi connectivity index (χ1) is 8.24. The van der Waals surface area contributed by atoms with Gasteiger partial charge in [-0.25, -0.2) is 0 Å². The molecule has 0 fully saturated rings. The predicted molar refractivity (Wildman–Crippen MR) is 72.4 cm³/mol. The molecule has 0 atom stereocenters. The van der Waals surface area contributed by atoms with E-state index in [-0.39, 0.29) is 0 Å². The molecule has 0 amide bonds. The van der Waals surface area contributed by atoms with Crippen molar-refractivity contribution in [2.45, 2.75) is 0 Å². The van der Waals surface area contributed by atoms with Gasteiger partial charge in [0.2, 0.25) is 0 Å². The fourth-order valence-corrected chi connectivity index (χ4v) is 1.81. The van der Waals surface area contributed by atoms with Gasteiger partial charge in [0.05, 0.1) is 7.11 Å². The third kappa shape index (κ3) is 2.33. The molecule has 3 nitrogen and oxygen atoms in total. The van der Waals surface area contributed by atoms with Gasteiger partial charge in [0, 0.05) is 24.0 Å². The van der Waals surface area contributed by atoms with E-state index in [0.717, 1.165) is 28.3 Å². The van der Waals surface area contributed by atoms with Crippen LogP contribution in [0.3, 0.4) is 0 Å². The summed E-state index contributed by atoms with van der Waals surface area (Å²) in [6, 6.07) is 13.7. The van der Waals surface area contributed by atoms with Crippen LogP contribution in [0.4, 0.5) is 11.4 Å². The van der Waals surface area contributed by atoms with E-state index in [0.29, 0.717) is 0 Å². The van der Waals surface area contributed by atoms with Crippen molar-refractivity contribution in [2.75, 3.05) is 25.2 Å². The van der Waals surface area contributed by atoms with Crippen LogP contribution in [0.5, 0.6) is 5.75 Å². The molecular weight excluding hydrogens is 212 g/mol. The van der Waals surface area contributed by atoms with E-state index in [1.165, 1.54) is 0 Å². The lowest BCUT2D eigenvalue weighted by Crippen LogP contribution is -1.94. The second-order valence-corrected chi connectivity index (χ2v) is 3.79. The maximum Gasteiger partial charge on any atom is 0.119 e. The molecule has 17 heavy (non-hydrogen) atoms. The third-order valence-corrected chi connectivity index (χ3v) is 2.69. The van der Waals surface area contributed by atoms with E-state index < -0.39 is 0 Å². The molecule has 3 heteroatoms. The van der Waals surface area contributed by atoms with Crippen LogP contribution in [-0.2, 0) is 0 Å². The Balaban J connectivity index is 2.54. The predicted octanol–water partition coefficient (Wildman–Crippen LogP) is 2.99. The lowest BCUT2D eigenvalue weighted by molar-refractivity contribution is 0.415. The molecule has 0 bridgehead atoms. The number of ether oxygens (including phenoxy) is 1. The molecule has 0 saturated heterocycles. The maximum absolute atomic E-state index is 5.83. The Labute approximate surface area is 101 Å². The summed E-state index contributed by atoms with van der Waals surface area (Å²) in [6.45, 7) is 0. The summed E-state index contributed by atoms with van der Waals surface area (Å²) in [6.07, 6.45) is 0. The van der Waals surface area contributed by atoms with Crippen molar-refractivity contribution in [1.82, 2.24) is 0 Å². The van der Waals surface area contributed by atoms with E-state index in [1.807, 2.05) is 49.5 Å². The van der Waals surface area contributed by atoms with Crippen molar-refractivity contribution < 1.29 is 4.74 Å². The zero-order valence-corrected chi connectivity index (χ0v) is 10.0. The Morgan fingerprint density at radius 1 is 1.12 bits per heavy atom. The highest BCUT2D eigenvalue weighted by molar-refractivity contribution is 5.81. The quantitative estimate of drug-likeness (QED) is 0.794. The van der Waals surface area contributed by atoms with Gasteiger partial charge in [-0.2, -0.15) is 0 Å². The monoisotopic (exact) mass is 228 g/mol. The zero-order chi connectivity index (χ0) is 12.3. The van der Waals surface area contributed by atoms with E-state index >= 15 is 0 Å². The van der Waals surface area contributed by atoms with Crippen molar-refractivity contribution in [3.8, 4) is 16.9 Å². The molecule has 0 aromatic heterocycles. The standard InChI is InChI=1S/C14H16N2O/c1-16-14-7-6-11(15)9-13(14)10-4-3-5-12(8-10)17-2/h3-9,16H,15H2,1-2H3. The van der Waals surface area contributed by atoms with Crippen LogP contribution in [0.25, 0.3) is 11.1 Å². The number of nitrogen functional groups attached to an aromatic ring is 1. The van der Waals surface area contributed by atoms with Crippen LogP contribution in [0, 0.1) is 0 Å². The number of nitrogens with one attached hydrogen (secondary N) is 1. The number of anilines is 2. The Kier molecular flexibility index (Phi) is 3.19. The van der Waals surface area contributed by atoms with Crippen molar-refractivity contribution in [2.24, 2.45) is 0 Å². The first kappa shape index (κ1) is 11.3. The molecule has 0 aliphatic carbocycles. The van der Waals surface area contributed by atoms with Crippen LogP contribution in [-0.4, -0.2) is 14.2 Å². The summed E-state index contributed by atoms with van der Waals surface area (Å²) in [4.78, 5) is 0. The van der Waals surface area contributed by atoms with Crippen molar-refractivity contribution >= 4 is 11.4 Å². The lowest BCUT2D eigenvalue weighted by atomic mass is 10.0. The number of benzene rings is 2. The van der Waals surface area contributed by atoms with Crippen LogP contribution >= 0.6 is 0 Å². The second kappa shape index (κ2) is 4.78. The summed E-state index contributed by atoms with van der Waals surface area (Å²) < 4.78 is 5.23. The molecular formula is C14H16N2O. The van der Waals surface area contributed by atoms with Gasteiger partial charge in [-0.1, -0.05) is 12.1 Å². The van der Waals surface area contributed by atoms with Gasteiger partial charge in [-0.05, 0) is 35.9 Å². The molecule has 2 rings (SSSR count). The topological polar surface area (TPSA) is 47.3 Å². The summed E-state index contributed by atoms with van der Waals surface area (Å²) in [5.74, 6) is 0.840. The SMILES string of the molecule is CNc1ccc(N)cc1-c1cccc(OC)c1. The summed E-state index contributed by atoms with van der Waals surface area (Å²) >= 11 is 0. The van der Waals surface area contributed by atoms with Crippen molar-refractivity contribution in [3.05, 3.63) is 42.5 Å². The normalized spacial score (nSPS) is 10.0. The summed E-state index contributed by atoms with van der Waals surface area (Å²) in [5, 5.41) is 3.16. The lowest BCUT2D eigenvalue weighted by Gasteiger charge is -2.11. The minimum absolute atomic E-state index is 0.752. The van der Waals surface area contributed by atoms with E-state index in [1.54, 1.807) is 7.11 Å². The molecule has 0 spiro atoms. The van der Waals surface area contributed by atoms with Crippen LogP contribution in [0.2, 0.25) is 0 Å². The molecule has 0 aliphatic heterocycles. The highest BCUT2D eigenvalue weighted by Crippen LogP contribution is 2.31. The fraction of sp³-hybridized carbons (Fsp3) is 0.143. The molecule has 0 radical (unpaired) electrons. The second-order valence-electron chi connectivity index (χ2n) is 3.79. The number of nitrogens with two attached hydrogens (primary N) is 1. The Hall–Kier alpha value is -2.16.